The lowest BCUT2D eigenvalue weighted by Gasteiger charge is -2.09. The van der Waals surface area contributed by atoms with Crippen molar-refractivity contribution in [2.24, 2.45) is 0 Å². The first-order chi connectivity index (χ1) is 10.4. The molecule has 120 valence electrons. The molecule has 0 saturated carbocycles. The molecule has 0 N–H and O–H groups in total. The predicted molar refractivity (Wildman–Crippen MR) is 96.0 cm³/mol. The normalized spacial score (nSPS) is 11.0. The molecule has 0 aliphatic heterocycles. The molecule has 0 fully saturated rings. The van der Waals surface area contributed by atoms with Crippen LogP contribution in [0.2, 0.25) is 0 Å². The van der Waals surface area contributed by atoms with Crippen molar-refractivity contribution < 1.29 is 0 Å². The van der Waals surface area contributed by atoms with E-state index in [0.29, 0.717) is 0 Å². The summed E-state index contributed by atoms with van der Waals surface area (Å²) in [6, 6.07) is 9.11. The summed E-state index contributed by atoms with van der Waals surface area (Å²) in [5.74, 6) is 0. The second-order valence-corrected chi connectivity index (χ2v) is 6.45. The van der Waals surface area contributed by atoms with E-state index in [9.17, 15) is 0 Å². The third-order valence-corrected chi connectivity index (χ3v) is 4.47. The topological polar surface area (TPSA) is 0 Å². The summed E-state index contributed by atoms with van der Waals surface area (Å²) < 4.78 is 0. The van der Waals surface area contributed by atoms with Crippen LogP contribution in [0.15, 0.2) is 24.3 Å². The van der Waals surface area contributed by atoms with Gasteiger partial charge in [0.1, 0.15) is 0 Å². The van der Waals surface area contributed by atoms with Gasteiger partial charge in [-0.15, -0.1) is 0 Å². The highest BCUT2D eigenvalue weighted by atomic mass is 14.1. The molecule has 0 heterocycles. The molecule has 0 aliphatic rings. The van der Waals surface area contributed by atoms with Crippen LogP contribution in [0.4, 0.5) is 0 Å². The van der Waals surface area contributed by atoms with Crippen LogP contribution in [-0.4, -0.2) is 0 Å². The summed E-state index contributed by atoms with van der Waals surface area (Å²) in [6.07, 6.45) is 17.9. The van der Waals surface area contributed by atoms with Crippen molar-refractivity contribution >= 4 is 0 Å². The third-order valence-electron chi connectivity index (χ3n) is 4.47. The number of unbranched alkanes of at least 4 members (excludes halogenated alkanes) is 9. The number of benzene rings is 1. The first-order valence-corrected chi connectivity index (χ1v) is 9.45. The standard InChI is InChI=1S/C21H36/c1-3-5-7-8-9-10-11-13-17-21-19-15-14-18-20(21)16-12-6-4-2/h14-15,18-19H,3-13,16-17H2,1-2H3. The van der Waals surface area contributed by atoms with Crippen molar-refractivity contribution in [3.05, 3.63) is 35.4 Å². The number of rotatable bonds is 13. The average Bonchev–Trinajstić information content (AvgIpc) is 2.51. The Balaban J connectivity index is 2.16. The van der Waals surface area contributed by atoms with E-state index in [1.54, 1.807) is 11.1 Å². The van der Waals surface area contributed by atoms with Crippen molar-refractivity contribution in [3.8, 4) is 0 Å². The van der Waals surface area contributed by atoms with Gasteiger partial charge in [-0.25, -0.2) is 0 Å². The monoisotopic (exact) mass is 288 g/mol. The van der Waals surface area contributed by atoms with E-state index in [0.717, 1.165) is 0 Å². The summed E-state index contributed by atoms with van der Waals surface area (Å²) in [7, 11) is 0. The Hall–Kier alpha value is -0.780. The zero-order valence-corrected chi connectivity index (χ0v) is 14.5. The van der Waals surface area contributed by atoms with Gasteiger partial charge in [0.15, 0.2) is 0 Å². The Morgan fingerprint density at radius 1 is 0.524 bits per heavy atom. The molecule has 0 spiro atoms. The van der Waals surface area contributed by atoms with Gasteiger partial charge in [-0.1, -0.05) is 95.9 Å². The van der Waals surface area contributed by atoms with Crippen molar-refractivity contribution in [3.63, 3.8) is 0 Å². The van der Waals surface area contributed by atoms with Gasteiger partial charge in [-0.3, -0.25) is 0 Å². The van der Waals surface area contributed by atoms with Crippen molar-refractivity contribution in [1.82, 2.24) is 0 Å². The zero-order chi connectivity index (χ0) is 15.2. The van der Waals surface area contributed by atoms with Crippen molar-refractivity contribution in [2.45, 2.75) is 97.3 Å². The molecule has 0 atom stereocenters. The van der Waals surface area contributed by atoms with Crippen LogP contribution >= 0.6 is 0 Å². The number of aryl methyl sites for hydroxylation is 2. The number of hydrogen-bond donors (Lipinski definition) is 0. The molecule has 0 saturated heterocycles. The smallest absolute Gasteiger partial charge is 0.0276 e. The van der Waals surface area contributed by atoms with Crippen LogP contribution in [0.1, 0.15) is 95.6 Å². The Morgan fingerprint density at radius 2 is 0.905 bits per heavy atom. The van der Waals surface area contributed by atoms with Gasteiger partial charge in [0.05, 0.1) is 0 Å². The molecule has 0 heteroatoms. The summed E-state index contributed by atoms with van der Waals surface area (Å²) in [5, 5.41) is 0. The molecule has 1 rings (SSSR count). The van der Waals surface area contributed by atoms with Crippen LogP contribution < -0.4 is 0 Å². The molecule has 21 heavy (non-hydrogen) atoms. The highest BCUT2D eigenvalue weighted by molar-refractivity contribution is 5.27. The van der Waals surface area contributed by atoms with Gasteiger partial charge >= 0.3 is 0 Å². The summed E-state index contributed by atoms with van der Waals surface area (Å²) in [5.41, 5.74) is 3.22. The van der Waals surface area contributed by atoms with Crippen LogP contribution in [0.5, 0.6) is 0 Å². The van der Waals surface area contributed by atoms with Gasteiger partial charge < -0.3 is 0 Å². The maximum Gasteiger partial charge on any atom is -0.0276 e. The minimum Gasteiger partial charge on any atom is -0.0654 e. The highest BCUT2D eigenvalue weighted by Crippen LogP contribution is 2.17. The van der Waals surface area contributed by atoms with Gasteiger partial charge in [0.25, 0.3) is 0 Å². The second kappa shape index (κ2) is 12.9. The van der Waals surface area contributed by atoms with Crippen LogP contribution in [0.25, 0.3) is 0 Å². The van der Waals surface area contributed by atoms with E-state index in [2.05, 4.69) is 38.1 Å². The molecule has 0 aliphatic carbocycles. The van der Waals surface area contributed by atoms with E-state index in [-0.39, 0.29) is 0 Å². The van der Waals surface area contributed by atoms with E-state index in [1.807, 2.05) is 0 Å². The van der Waals surface area contributed by atoms with Crippen LogP contribution in [0.3, 0.4) is 0 Å². The van der Waals surface area contributed by atoms with E-state index >= 15 is 0 Å². The van der Waals surface area contributed by atoms with Gasteiger partial charge in [0, 0.05) is 0 Å². The SMILES string of the molecule is CCCCCCCCCCc1ccccc1CCCCC. The fourth-order valence-corrected chi connectivity index (χ4v) is 3.06. The van der Waals surface area contributed by atoms with E-state index in [4.69, 9.17) is 0 Å². The summed E-state index contributed by atoms with van der Waals surface area (Å²) >= 11 is 0. The lowest BCUT2D eigenvalue weighted by Crippen LogP contribution is -1.95. The Labute approximate surface area is 133 Å². The second-order valence-electron chi connectivity index (χ2n) is 6.45. The maximum absolute atomic E-state index is 2.35. The molecule has 0 unspecified atom stereocenters. The third kappa shape index (κ3) is 8.96. The Kier molecular flexibility index (Phi) is 11.2. The van der Waals surface area contributed by atoms with Gasteiger partial charge in [-0.2, -0.15) is 0 Å². The predicted octanol–water partition coefficient (Wildman–Crippen LogP) is 7.10. The quantitative estimate of drug-likeness (QED) is 0.339. The molecule has 0 radical (unpaired) electrons. The Bertz CT molecular complexity index is 340. The minimum atomic E-state index is 1.28. The average molecular weight is 289 g/mol. The lowest BCUT2D eigenvalue weighted by molar-refractivity contribution is 0.574. The molecule has 0 nitrogen and oxygen atoms in total. The maximum atomic E-state index is 2.35. The van der Waals surface area contributed by atoms with Gasteiger partial charge in [-0.05, 0) is 36.8 Å². The van der Waals surface area contributed by atoms with E-state index < -0.39 is 0 Å². The van der Waals surface area contributed by atoms with E-state index in [1.165, 1.54) is 83.5 Å². The minimum absolute atomic E-state index is 1.28. The van der Waals surface area contributed by atoms with Crippen molar-refractivity contribution in [2.75, 3.05) is 0 Å². The summed E-state index contributed by atoms with van der Waals surface area (Å²) in [6.45, 7) is 4.57. The Morgan fingerprint density at radius 3 is 1.43 bits per heavy atom. The van der Waals surface area contributed by atoms with Crippen molar-refractivity contribution in [1.29, 1.82) is 0 Å². The lowest BCUT2D eigenvalue weighted by atomic mass is 9.97. The fourth-order valence-electron chi connectivity index (χ4n) is 3.06. The van der Waals surface area contributed by atoms with Crippen LogP contribution in [0, 0.1) is 0 Å². The molecule has 0 amide bonds. The zero-order valence-electron chi connectivity index (χ0n) is 14.5. The van der Waals surface area contributed by atoms with Gasteiger partial charge in [0.2, 0.25) is 0 Å². The van der Waals surface area contributed by atoms with Crippen LogP contribution in [-0.2, 0) is 12.8 Å². The molecule has 0 bridgehead atoms. The first-order valence-electron chi connectivity index (χ1n) is 9.45. The molecule has 1 aromatic rings. The fraction of sp³-hybridized carbons (Fsp3) is 0.714. The summed E-state index contributed by atoms with van der Waals surface area (Å²) in [4.78, 5) is 0. The molecule has 1 aromatic carbocycles. The first kappa shape index (κ1) is 18.3. The molecular weight excluding hydrogens is 252 g/mol. The highest BCUT2D eigenvalue weighted by Gasteiger charge is 2.01. The molecular formula is C21H36. The molecule has 0 aromatic heterocycles. The number of hydrogen-bond acceptors (Lipinski definition) is 0. The largest absolute Gasteiger partial charge is 0.0654 e.